The van der Waals surface area contributed by atoms with Crippen LogP contribution in [0.3, 0.4) is 0 Å². The first-order chi connectivity index (χ1) is 13.6. The second-order valence-electron chi connectivity index (χ2n) is 7.70. The monoisotopic (exact) mass is 384 g/mol. The molecular formula is C24H36N2O2. The molecule has 4 heteroatoms. The van der Waals surface area contributed by atoms with Gasteiger partial charge in [0.05, 0.1) is 18.0 Å². The maximum Gasteiger partial charge on any atom is 0.202 e. The van der Waals surface area contributed by atoms with Crippen LogP contribution in [0.1, 0.15) is 71.9 Å². The Balaban J connectivity index is 1.92. The van der Waals surface area contributed by atoms with E-state index in [2.05, 4.69) is 50.0 Å². The van der Waals surface area contributed by atoms with Gasteiger partial charge >= 0.3 is 0 Å². The average molecular weight is 385 g/mol. The highest BCUT2D eigenvalue weighted by Gasteiger charge is 2.15. The zero-order valence-electron chi connectivity index (χ0n) is 18.0. The summed E-state index contributed by atoms with van der Waals surface area (Å²) in [5, 5.41) is 8.79. The highest BCUT2D eigenvalue weighted by Crippen LogP contribution is 2.23. The summed E-state index contributed by atoms with van der Waals surface area (Å²) in [7, 11) is 0. The van der Waals surface area contributed by atoms with Crippen LogP contribution >= 0.6 is 0 Å². The van der Waals surface area contributed by atoms with Gasteiger partial charge in [-0.05, 0) is 55.7 Å². The van der Waals surface area contributed by atoms with E-state index in [4.69, 9.17) is 9.47 Å². The van der Waals surface area contributed by atoms with Gasteiger partial charge in [0.15, 0.2) is 0 Å². The molecule has 0 aliphatic rings. The van der Waals surface area contributed by atoms with E-state index in [0.717, 1.165) is 48.6 Å². The molecule has 154 valence electrons. The van der Waals surface area contributed by atoms with Gasteiger partial charge in [0.2, 0.25) is 6.29 Å². The molecule has 4 nitrogen and oxygen atoms in total. The van der Waals surface area contributed by atoms with Gasteiger partial charge in [0.1, 0.15) is 5.75 Å². The minimum absolute atomic E-state index is 0.218. The SMILES string of the molecule is CCCCCCc1ccc(-c2ccc(OC(OCCCC)C(C)C)cc2)nn1. The Labute approximate surface area is 170 Å². The lowest BCUT2D eigenvalue weighted by atomic mass is 10.1. The predicted molar refractivity (Wildman–Crippen MR) is 115 cm³/mol. The topological polar surface area (TPSA) is 44.2 Å². The van der Waals surface area contributed by atoms with Crippen molar-refractivity contribution in [1.82, 2.24) is 10.2 Å². The van der Waals surface area contributed by atoms with E-state index in [9.17, 15) is 0 Å². The van der Waals surface area contributed by atoms with E-state index >= 15 is 0 Å². The molecule has 28 heavy (non-hydrogen) atoms. The van der Waals surface area contributed by atoms with E-state index in [1.165, 1.54) is 25.7 Å². The molecule has 0 amide bonds. The van der Waals surface area contributed by atoms with Gasteiger partial charge in [-0.2, -0.15) is 10.2 Å². The highest BCUT2D eigenvalue weighted by atomic mass is 16.7. The second kappa shape index (κ2) is 12.5. The number of aromatic nitrogens is 2. The van der Waals surface area contributed by atoms with Crippen LogP contribution in [0, 0.1) is 5.92 Å². The standard InChI is InChI=1S/C24H36N2O2/c1-5-7-9-10-11-21-14-17-23(26-25-21)20-12-15-22(16-13-20)28-24(19(3)4)27-18-8-6-2/h12-17,19,24H,5-11,18H2,1-4H3. The molecule has 2 rings (SSSR count). The lowest BCUT2D eigenvalue weighted by Gasteiger charge is -2.23. The number of hydrogen-bond donors (Lipinski definition) is 0. The fraction of sp³-hybridized carbons (Fsp3) is 0.583. The van der Waals surface area contributed by atoms with Crippen molar-refractivity contribution in [1.29, 1.82) is 0 Å². The van der Waals surface area contributed by atoms with Crippen molar-refractivity contribution in [2.75, 3.05) is 6.61 Å². The zero-order chi connectivity index (χ0) is 20.2. The van der Waals surface area contributed by atoms with Crippen LogP contribution in [-0.4, -0.2) is 23.1 Å². The summed E-state index contributed by atoms with van der Waals surface area (Å²) < 4.78 is 11.9. The number of hydrogen-bond acceptors (Lipinski definition) is 4. The number of nitrogens with zero attached hydrogens (tertiary/aromatic N) is 2. The third-order valence-corrected chi connectivity index (χ3v) is 4.73. The maximum absolute atomic E-state index is 6.04. The fourth-order valence-corrected chi connectivity index (χ4v) is 2.92. The van der Waals surface area contributed by atoms with Crippen molar-refractivity contribution < 1.29 is 9.47 Å². The lowest BCUT2D eigenvalue weighted by molar-refractivity contribution is -0.108. The molecule has 0 saturated carbocycles. The summed E-state index contributed by atoms with van der Waals surface area (Å²) in [6, 6.07) is 12.2. The summed E-state index contributed by atoms with van der Waals surface area (Å²) in [5.41, 5.74) is 3.01. The van der Waals surface area contributed by atoms with E-state index < -0.39 is 0 Å². The molecule has 0 spiro atoms. The Bertz CT molecular complexity index is 653. The third kappa shape index (κ3) is 7.59. The van der Waals surface area contributed by atoms with Crippen LogP contribution < -0.4 is 4.74 Å². The first-order valence-corrected chi connectivity index (χ1v) is 10.8. The summed E-state index contributed by atoms with van der Waals surface area (Å²) in [5.74, 6) is 1.12. The molecule has 0 radical (unpaired) electrons. The van der Waals surface area contributed by atoms with Crippen LogP contribution in [0.2, 0.25) is 0 Å². The van der Waals surface area contributed by atoms with E-state index in [1.807, 2.05) is 24.3 Å². The molecule has 0 bridgehead atoms. The minimum Gasteiger partial charge on any atom is -0.465 e. The predicted octanol–water partition coefficient (Wildman–Crippen LogP) is 6.44. The van der Waals surface area contributed by atoms with Crippen LogP contribution in [0.5, 0.6) is 5.75 Å². The molecule has 1 aromatic heterocycles. The van der Waals surface area contributed by atoms with Gasteiger partial charge in [-0.25, -0.2) is 0 Å². The summed E-state index contributed by atoms with van der Waals surface area (Å²) in [4.78, 5) is 0. The first kappa shape index (κ1) is 22.4. The number of rotatable bonds is 13. The van der Waals surface area contributed by atoms with Crippen molar-refractivity contribution in [2.45, 2.75) is 78.9 Å². The van der Waals surface area contributed by atoms with Crippen LogP contribution in [0.15, 0.2) is 36.4 Å². The largest absolute Gasteiger partial charge is 0.465 e. The molecule has 0 aliphatic heterocycles. The average Bonchev–Trinajstić information content (AvgIpc) is 2.71. The summed E-state index contributed by atoms with van der Waals surface area (Å²) >= 11 is 0. The zero-order valence-corrected chi connectivity index (χ0v) is 18.0. The number of benzene rings is 1. The van der Waals surface area contributed by atoms with Crippen molar-refractivity contribution in [3.8, 4) is 17.0 Å². The van der Waals surface area contributed by atoms with Crippen molar-refractivity contribution in [3.05, 3.63) is 42.1 Å². The summed E-state index contributed by atoms with van der Waals surface area (Å²) in [6.07, 6.45) is 7.97. The number of ether oxygens (including phenoxy) is 2. The molecule has 1 aromatic carbocycles. The normalized spacial score (nSPS) is 12.3. The molecule has 1 atom stereocenters. The Hall–Kier alpha value is -1.94. The maximum atomic E-state index is 6.04. The molecule has 0 N–H and O–H groups in total. The molecule has 2 aromatic rings. The minimum atomic E-state index is -0.218. The second-order valence-corrected chi connectivity index (χ2v) is 7.70. The smallest absolute Gasteiger partial charge is 0.202 e. The molecule has 0 saturated heterocycles. The summed E-state index contributed by atoms with van der Waals surface area (Å²) in [6.45, 7) is 9.36. The molecule has 1 unspecified atom stereocenters. The van der Waals surface area contributed by atoms with Crippen molar-refractivity contribution >= 4 is 0 Å². The number of aryl methyl sites for hydroxylation is 1. The van der Waals surface area contributed by atoms with Crippen molar-refractivity contribution in [3.63, 3.8) is 0 Å². The Kier molecular flexibility index (Phi) is 9.98. The van der Waals surface area contributed by atoms with E-state index in [1.54, 1.807) is 0 Å². The Morgan fingerprint density at radius 3 is 2.18 bits per heavy atom. The van der Waals surface area contributed by atoms with Gasteiger partial charge in [-0.15, -0.1) is 0 Å². The first-order valence-electron chi connectivity index (χ1n) is 10.8. The van der Waals surface area contributed by atoms with Gasteiger partial charge in [-0.1, -0.05) is 53.4 Å². The van der Waals surface area contributed by atoms with Gasteiger partial charge in [0.25, 0.3) is 0 Å². The molecular weight excluding hydrogens is 348 g/mol. The van der Waals surface area contributed by atoms with Crippen LogP contribution in [0.4, 0.5) is 0 Å². The van der Waals surface area contributed by atoms with Crippen LogP contribution in [-0.2, 0) is 11.2 Å². The van der Waals surface area contributed by atoms with Gasteiger partial charge in [-0.3, -0.25) is 0 Å². The van der Waals surface area contributed by atoms with E-state index in [0.29, 0.717) is 5.92 Å². The molecule has 0 aliphatic carbocycles. The van der Waals surface area contributed by atoms with Gasteiger partial charge < -0.3 is 9.47 Å². The highest BCUT2D eigenvalue weighted by molar-refractivity contribution is 5.59. The third-order valence-electron chi connectivity index (χ3n) is 4.73. The number of unbranched alkanes of at least 4 members (excludes halogenated alkanes) is 4. The fourth-order valence-electron chi connectivity index (χ4n) is 2.92. The van der Waals surface area contributed by atoms with Gasteiger partial charge in [0, 0.05) is 11.5 Å². The Morgan fingerprint density at radius 1 is 0.821 bits per heavy atom. The van der Waals surface area contributed by atoms with Crippen LogP contribution in [0.25, 0.3) is 11.3 Å². The lowest BCUT2D eigenvalue weighted by Crippen LogP contribution is -2.27. The van der Waals surface area contributed by atoms with Crippen molar-refractivity contribution in [2.24, 2.45) is 5.92 Å². The molecule has 0 fully saturated rings. The quantitative estimate of drug-likeness (QED) is 0.294. The molecule has 1 heterocycles. The van der Waals surface area contributed by atoms with E-state index in [-0.39, 0.29) is 6.29 Å². The Morgan fingerprint density at radius 2 is 1.57 bits per heavy atom.